The number of aryl methyl sites for hydroxylation is 1. The number of benzene rings is 1. The van der Waals surface area contributed by atoms with Crippen molar-refractivity contribution in [1.29, 1.82) is 0 Å². The normalized spacial score (nSPS) is 17.7. The van der Waals surface area contributed by atoms with Crippen LogP contribution in [0.2, 0.25) is 0 Å². The third-order valence-corrected chi connectivity index (χ3v) is 7.23. The van der Waals surface area contributed by atoms with E-state index < -0.39 is 17.2 Å². The van der Waals surface area contributed by atoms with Gasteiger partial charge >= 0.3 is 5.97 Å². The summed E-state index contributed by atoms with van der Waals surface area (Å²) in [5.74, 6) is -0.755. The van der Waals surface area contributed by atoms with Crippen molar-refractivity contribution in [3.05, 3.63) is 57.6 Å². The van der Waals surface area contributed by atoms with Gasteiger partial charge in [-0.1, -0.05) is 0 Å². The summed E-state index contributed by atoms with van der Waals surface area (Å²) in [6.45, 7) is 6.42. The molecule has 0 radical (unpaired) electrons. The van der Waals surface area contributed by atoms with Crippen LogP contribution < -0.4 is 15.1 Å². The van der Waals surface area contributed by atoms with Gasteiger partial charge < -0.3 is 24.2 Å². The Morgan fingerprint density at radius 2 is 1.92 bits per heavy atom. The van der Waals surface area contributed by atoms with Crippen LogP contribution in [-0.4, -0.2) is 88.8 Å². The highest BCUT2D eigenvalue weighted by Crippen LogP contribution is 2.42. The number of ether oxygens (including phenoxy) is 1. The number of nitrogens with zero attached hydrogens (tertiary/aromatic N) is 6. The smallest absolute Gasteiger partial charge is 0.341 e. The number of carboxylic acids is 1. The van der Waals surface area contributed by atoms with Crippen molar-refractivity contribution in [1.82, 2.24) is 24.3 Å². The first-order valence-electron chi connectivity index (χ1n) is 12.9. The maximum Gasteiger partial charge on any atom is 0.341 e. The van der Waals surface area contributed by atoms with Crippen molar-refractivity contribution >= 4 is 22.6 Å². The van der Waals surface area contributed by atoms with Crippen molar-refractivity contribution < 1.29 is 19.0 Å². The predicted molar refractivity (Wildman–Crippen MR) is 142 cm³/mol. The molecule has 2 aromatic heterocycles. The second-order valence-corrected chi connectivity index (χ2v) is 10.4. The molecule has 1 fully saturated rings. The van der Waals surface area contributed by atoms with Crippen LogP contribution in [0, 0.1) is 5.82 Å². The maximum atomic E-state index is 15.5. The summed E-state index contributed by atoms with van der Waals surface area (Å²) >= 11 is 0. The van der Waals surface area contributed by atoms with E-state index in [9.17, 15) is 14.7 Å². The van der Waals surface area contributed by atoms with Crippen LogP contribution in [0.25, 0.3) is 10.9 Å². The molecule has 1 N–H and O–H groups in total. The van der Waals surface area contributed by atoms with E-state index in [2.05, 4.69) is 33.9 Å². The lowest BCUT2D eigenvalue weighted by Gasteiger charge is -2.38. The van der Waals surface area contributed by atoms with Crippen molar-refractivity contribution in [2.24, 2.45) is 0 Å². The Kier molecular flexibility index (Phi) is 7.31. The number of aromatic carboxylic acids is 1. The van der Waals surface area contributed by atoms with Crippen molar-refractivity contribution in [3.63, 3.8) is 0 Å². The van der Waals surface area contributed by atoms with Crippen LogP contribution in [-0.2, 0) is 13.0 Å². The Hall–Kier alpha value is -3.57. The van der Waals surface area contributed by atoms with Gasteiger partial charge in [0.05, 0.1) is 16.9 Å². The number of hydrogen-bond donors (Lipinski definition) is 1. The third kappa shape index (κ3) is 5.08. The molecule has 0 saturated carbocycles. The molecule has 0 spiro atoms. The molecule has 38 heavy (non-hydrogen) atoms. The van der Waals surface area contributed by atoms with E-state index in [-0.39, 0.29) is 23.6 Å². The fourth-order valence-corrected chi connectivity index (χ4v) is 5.19. The predicted octanol–water partition coefficient (Wildman–Crippen LogP) is 2.40. The molecule has 202 valence electrons. The minimum absolute atomic E-state index is 0.0245. The molecule has 2 aliphatic rings. The minimum Gasteiger partial charge on any atom is -0.487 e. The average molecular weight is 525 g/mol. The van der Waals surface area contributed by atoms with Gasteiger partial charge in [0.15, 0.2) is 11.6 Å². The van der Waals surface area contributed by atoms with Gasteiger partial charge in [-0.05, 0) is 40.1 Å². The first-order valence-corrected chi connectivity index (χ1v) is 12.9. The van der Waals surface area contributed by atoms with E-state index in [1.54, 1.807) is 4.57 Å². The van der Waals surface area contributed by atoms with E-state index in [1.165, 1.54) is 6.20 Å². The molecule has 0 bridgehead atoms. The number of hydrogen-bond acceptors (Lipinski definition) is 8. The Balaban J connectivity index is 1.32. The molecular formula is C27H33FN6O4. The Morgan fingerprint density at radius 1 is 1.21 bits per heavy atom. The fraction of sp³-hybridized carbons (Fsp3) is 0.481. The molecule has 1 atom stereocenters. The average Bonchev–Trinajstić information content (AvgIpc) is 2.88. The van der Waals surface area contributed by atoms with Gasteiger partial charge in [-0.3, -0.25) is 9.69 Å². The lowest BCUT2D eigenvalue weighted by Crippen LogP contribution is -2.46. The molecule has 0 unspecified atom stereocenters. The lowest BCUT2D eigenvalue weighted by molar-refractivity contribution is 0.0694. The number of piperazine rings is 1. The van der Waals surface area contributed by atoms with Gasteiger partial charge in [0.1, 0.15) is 23.7 Å². The Labute approximate surface area is 220 Å². The highest BCUT2D eigenvalue weighted by molar-refractivity contribution is 5.97. The summed E-state index contributed by atoms with van der Waals surface area (Å²) in [5.41, 5.74) is 0.732. The van der Waals surface area contributed by atoms with Crippen molar-refractivity contribution in [2.45, 2.75) is 32.4 Å². The van der Waals surface area contributed by atoms with Crippen LogP contribution in [0.4, 0.5) is 10.1 Å². The summed E-state index contributed by atoms with van der Waals surface area (Å²) in [4.78, 5) is 39.9. The van der Waals surface area contributed by atoms with E-state index in [1.807, 2.05) is 24.2 Å². The molecule has 1 aromatic carbocycles. The van der Waals surface area contributed by atoms with Crippen LogP contribution >= 0.6 is 0 Å². The largest absolute Gasteiger partial charge is 0.487 e. The number of pyridine rings is 1. The lowest BCUT2D eigenvalue weighted by atomic mass is 10.1. The molecule has 0 amide bonds. The van der Waals surface area contributed by atoms with E-state index in [4.69, 9.17) is 4.74 Å². The van der Waals surface area contributed by atoms with E-state index >= 15 is 4.39 Å². The first kappa shape index (κ1) is 26.1. The van der Waals surface area contributed by atoms with Gasteiger partial charge in [0.25, 0.3) is 0 Å². The highest BCUT2D eigenvalue weighted by atomic mass is 19.1. The Bertz CT molecular complexity index is 1400. The summed E-state index contributed by atoms with van der Waals surface area (Å²) in [6.07, 6.45) is 6.98. The minimum atomic E-state index is -1.33. The number of aromatic nitrogens is 3. The van der Waals surface area contributed by atoms with E-state index in [0.717, 1.165) is 36.8 Å². The number of anilines is 1. The molecule has 0 aliphatic carbocycles. The topological polar surface area (TPSA) is 104 Å². The summed E-state index contributed by atoms with van der Waals surface area (Å²) in [5, 5.41) is 9.51. The number of halogens is 1. The number of carboxylic acid groups (broad SMARTS) is 1. The molecule has 2 aliphatic heterocycles. The zero-order valence-electron chi connectivity index (χ0n) is 22.0. The molecule has 4 heterocycles. The summed E-state index contributed by atoms with van der Waals surface area (Å²) < 4.78 is 23.2. The standard InChI is InChI=1S/C27H33FN6O4/c1-17-16-38-26-23-19(25(35)20(27(36)37)15-34(17)23)11-21(28)24(26)33-9-7-32(8-10-33)14-18-12-29-22(30-13-18)5-4-6-31(2)3/h11-13,15,17H,4-10,14,16H2,1-3H3,(H,36,37)/t17-/m0/s1. The molecule has 5 rings (SSSR count). The zero-order chi connectivity index (χ0) is 27.0. The van der Waals surface area contributed by atoms with Crippen molar-refractivity contribution in [2.75, 3.05) is 58.3 Å². The maximum absolute atomic E-state index is 15.5. The van der Waals surface area contributed by atoms with Crippen LogP contribution in [0.5, 0.6) is 5.75 Å². The quantitative estimate of drug-likeness (QED) is 0.476. The van der Waals surface area contributed by atoms with Crippen molar-refractivity contribution in [3.8, 4) is 5.75 Å². The van der Waals surface area contributed by atoms with Gasteiger partial charge in [0, 0.05) is 63.3 Å². The summed E-state index contributed by atoms with van der Waals surface area (Å²) in [7, 11) is 4.10. The molecular weight excluding hydrogens is 491 g/mol. The second kappa shape index (κ2) is 10.7. The van der Waals surface area contributed by atoms with Gasteiger partial charge in [-0.15, -0.1) is 0 Å². The van der Waals surface area contributed by atoms with Gasteiger partial charge in [-0.2, -0.15) is 0 Å². The monoisotopic (exact) mass is 524 g/mol. The number of carbonyl (C=O) groups is 1. The van der Waals surface area contributed by atoms with Crippen LogP contribution in [0.3, 0.4) is 0 Å². The zero-order valence-corrected chi connectivity index (χ0v) is 22.0. The fourth-order valence-electron chi connectivity index (χ4n) is 5.19. The first-order chi connectivity index (χ1) is 18.2. The molecule has 11 heteroatoms. The van der Waals surface area contributed by atoms with E-state index in [0.29, 0.717) is 49.7 Å². The van der Waals surface area contributed by atoms with Gasteiger partial charge in [-0.25, -0.2) is 19.2 Å². The molecule has 10 nitrogen and oxygen atoms in total. The van der Waals surface area contributed by atoms with Gasteiger partial charge in [0.2, 0.25) is 5.43 Å². The van der Waals surface area contributed by atoms with Crippen LogP contribution in [0.15, 0.2) is 29.5 Å². The van der Waals surface area contributed by atoms with Crippen LogP contribution in [0.1, 0.15) is 41.1 Å². The highest BCUT2D eigenvalue weighted by Gasteiger charge is 2.31. The second-order valence-electron chi connectivity index (χ2n) is 10.4. The molecule has 1 saturated heterocycles. The summed E-state index contributed by atoms with van der Waals surface area (Å²) in [6, 6.07) is 0.963. The SMILES string of the molecule is C[C@H]1COc2c(N3CCN(Cc4cnc(CCCN(C)C)nc4)CC3)c(F)cc3c(=O)c(C(=O)O)cn1c23. The number of rotatable bonds is 8. The Morgan fingerprint density at radius 3 is 2.58 bits per heavy atom. The third-order valence-electron chi connectivity index (χ3n) is 7.23. The molecule has 3 aromatic rings.